The van der Waals surface area contributed by atoms with Crippen LogP contribution in [0.4, 0.5) is 0 Å². The lowest BCUT2D eigenvalue weighted by Gasteiger charge is -2.13. The minimum absolute atomic E-state index is 0.104. The van der Waals surface area contributed by atoms with Gasteiger partial charge in [-0.1, -0.05) is 48.3 Å². The number of rotatable bonds is 5. The molecule has 0 radical (unpaired) electrons. The summed E-state index contributed by atoms with van der Waals surface area (Å²) in [5.74, 6) is -0.228. The maximum absolute atomic E-state index is 13.4. The summed E-state index contributed by atoms with van der Waals surface area (Å²) in [6.45, 7) is 2.42. The minimum atomic E-state index is -0.244. The van der Waals surface area contributed by atoms with Gasteiger partial charge in [0.25, 0.3) is 5.56 Å². The van der Waals surface area contributed by atoms with E-state index in [0.717, 1.165) is 16.9 Å². The Morgan fingerprint density at radius 3 is 2.67 bits per heavy atom. The molecule has 0 saturated carbocycles. The normalized spacial score (nSPS) is 11.3. The first-order valence-electron chi connectivity index (χ1n) is 9.31. The predicted octanol–water partition coefficient (Wildman–Crippen LogP) is 5.55. The van der Waals surface area contributed by atoms with Gasteiger partial charge in [0.2, 0.25) is 5.91 Å². The van der Waals surface area contributed by atoms with Gasteiger partial charge in [0.1, 0.15) is 12.2 Å². The van der Waals surface area contributed by atoms with Crippen molar-refractivity contribution in [2.45, 2.75) is 19.9 Å². The fourth-order valence-corrected chi connectivity index (χ4v) is 5.07. The van der Waals surface area contributed by atoms with Crippen LogP contribution in [0.1, 0.15) is 13.3 Å². The van der Waals surface area contributed by atoms with Gasteiger partial charge < -0.3 is 5.32 Å². The molecule has 30 heavy (non-hydrogen) atoms. The molecule has 1 N–H and O–H groups in total. The van der Waals surface area contributed by atoms with E-state index in [1.54, 1.807) is 24.3 Å². The second-order valence-electron chi connectivity index (χ2n) is 6.74. The molecule has 0 unspecified atom stereocenters. The molecule has 0 aliphatic carbocycles. The van der Waals surface area contributed by atoms with Crippen LogP contribution in [-0.2, 0) is 11.3 Å². The largest absolute Gasteiger partial charge is 0.355 e. The summed E-state index contributed by atoms with van der Waals surface area (Å²) in [4.78, 5) is 26.6. The number of fused-ring (bicyclic) bond motifs is 3. The molecule has 9 heteroatoms. The summed E-state index contributed by atoms with van der Waals surface area (Å²) in [6.07, 6.45) is 0.811. The highest BCUT2D eigenvalue weighted by atomic mass is 35.5. The Labute approximate surface area is 191 Å². The van der Waals surface area contributed by atoms with Crippen LogP contribution < -0.4 is 10.9 Å². The summed E-state index contributed by atoms with van der Waals surface area (Å²) in [5.41, 5.74) is 1.81. The monoisotopic (exact) mass is 477 g/mol. The number of carbonyl (C=O) groups excluding carboxylic acids is 1. The zero-order valence-electron chi connectivity index (χ0n) is 15.9. The lowest BCUT2D eigenvalue weighted by atomic mass is 10.2. The van der Waals surface area contributed by atoms with Gasteiger partial charge in [0.15, 0.2) is 3.95 Å². The Bertz CT molecular complexity index is 1410. The average molecular weight is 478 g/mol. The Hall–Kier alpha value is -2.19. The third kappa shape index (κ3) is 3.67. The molecular formula is C21H17Cl2N3O2S2. The number of hydrogen-bond donors (Lipinski definition) is 1. The summed E-state index contributed by atoms with van der Waals surface area (Å²) in [7, 11) is 0. The van der Waals surface area contributed by atoms with E-state index in [0.29, 0.717) is 37.1 Å². The molecule has 1 amide bonds. The smallest absolute Gasteiger partial charge is 0.262 e. The van der Waals surface area contributed by atoms with Crippen molar-refractivity contribution in [3.8, 4) is 10.4 Å². The van der Waals surface area contributed by atoms with E-state index in [1.807, 2.05) is 29.5 Å². The first kappa shape index (κ1) is 21.1. The van der Waals surface area contributed by atoms with Crippen molar-refractivity contribution in [2.24, 2.45) is 0 Å². The van der Waals surface area contributed by atoms with Gasteiger partial charge in [-0.25, -0.2) is 0 Å². The van der Waals surface area contributed by atoms with Crippen molar-refractivity contribution in [3.63, 3.8) is 0 Å². The third-order valence-corrected chi connectivity index (χ3v) is 6.87. The average Bonchev–Trinajstić information content (AvgIpc) is 3.08. The van der Waals surface area contributed by atoms with Crippen LogP contribution in [0.25, 0.3) is 27.0 Å². The van der Waals surface area contributed by atoms with Crippen LogP contribution in [0.2, 0.25) is 10.0 Å². The highest BCUT2D eigenvalue weighted by molar-refractivity contribution is 7.73. The van der Waals surface area contributed by atoms with Gasteiger partial charge in [-0.3, -0.25) is 18.6 Å². The number of hydrogen-bond acceptors (Lipinski definition) is 4. The van der Waals surface area contributed by atoms with Crippen molar-refractivity contribution < 1.29 is 4.79 Å². The van der Waals surface area contributed by atoms with Crippen molar-refractivity contribution in [1.82, 2.24) is 14.3 Å². The summed E-state index contributed by atoms with van der Waals surface area (Å²) in [6, 6.07) is 12.5. The summed E-state index contributed by atoms with van der Waals surface area (Å²) in [5, 5.41) is 4.18. The number of thiazole rings is 1. The molecule has 0 atom stereocenters. The van der Waals surface area contributed by atoms with Crippen molar-refractivity contribution >= 4 is 69.2 Å². The van der Waals surface area contributed by atoms with Crippen LogP contribution in [0.15, 0.2) is 47.3 Å². The fraction of sp³-hybridized carbons (Fsp3) is 0.190. The molecule has 0 aliphatic heterocycles. The van der Waals surface area contributed by atoms with Gasteiger partial charge in [-0.05, 0) is 48.5 Å². The fourth-order valence-electron chi connectivity index (χ4n) is 3.35. The molecule has 4 rings (SSSR count). The lowest BCUT2D eigenvalue weighted by molar-refractivity contribution is -0.121. The topological polar surface area (TPSA) is 55.5 Å². The molecule has 154 valence electrons. The van der Waals surface area contributed by atoms with Crippen molar-refractivity contribution in [3.05, 3.63) is 66.8 Å². The van der Waals surface area contributed by atoms with Gasteiger partial charge >= 0.3 is 0 Å². The van der Waals surface area contributed by atoms with E-state index in [2.05, 4.69) is 5.32 Å². The Balaban J connectivity index is 2.07. The minimum Gasteiger partial charge on any atom is -0.355 e. The van der Waals surface area contributed by atoms with Gasteiger partial charge in [-0.15, -0.1) is 11.3 Å². The highest BCUT2D eigenvalue weighted by Crippen LogP contribution is 2.36. The number of nitrogens with zero attached hydrogens (tertiary/aromatic N) is 2. The molecule has 4 aromatic rings. The Kier molecular flexibility index (Phi) is 5.97. The predicted molar refractivity (Wildman–Crippen MR) is 127 cm³/mol. The quantitative estimate of drug-likeness (QED) is 0.383. The number of aromatic nitrogens is 2. The Morgan fingerprint density at radius 1 is 1.17 bits per heavy atom. The second kappa shape index (κ2) is 8.51. The maximum atomic E-state index is 13.4. The van der Waals surface area contributed by atoms with Crippen molar-refractivity contribution in [2.75, 3.05) is 6.54 Å². The van der Waals surface area contributed by atoms with E-state index in [9.17, 15) is 9.59 Å². The molecular weight excluding hydrogens is 461 g/mol. The molecule has 0 aliphatic rings. The van der Waals surface area contributed by atoms with E-state index < -0.39 is 0 Å². The first-order chi connectivity index (χ1) is 14.4. The lowest BCUT2D eigenvalue weighted by Crippen LogP contribution is -2.33. The maximum Gasteiger partial charge on any atom is 0.262 e. The molecule has 0 saturated heterocycles. The van der Waals surface area contributed by atoms with Gasteiger partial charge in [0.05, 0.1) is 25.8 Å². The molecule has 2 aromatic carbocycles. The molecule has 0 spiro atoms. The SMILES string of the molecule is CCCNC(=O)Cn1c(=O)c2ccccc2n2c(=S)sc(-c3ccc(Cl)c(Cl)c3)c12. The number of nitrogens with one attached hydrogen (secondary N) is 1. The number of amides is 1. The van der Waals surface area contributed by atoms with Crippen LogP contribution in [0.3, 0.4) is 0 Å². The summed E-state index contributed by atoms with van der Waals surface area (Å²) >= 11 is 19.3. The second-order valence-corrected chi connectivity index (χ2v) is 9.20. The van der Waals surface area contributed by atoms with E-state index >= 15 is 0 Å². The van der Waals surface area contributed by atoms with Crippen LogP contribution in [0, 0.1) is 3.95 Å². The van der Waals surface area contributed by atoms with Crippen LogP contribution >= 0.6 is 46.8 Å². The number of para-hydroxylation sites is 1. The zero-order valence-corrected chi connectivity index (χ0v) is 19.1. The highest BCUT2D eigenvalue weighted by Gasteiger charge is 2.20. The molecule has 0 fully saturated rings. The summed E-state index contributed by atoms with van der Waals surface area (Å²) < 4.78 is 3.91. The van der Waals surface area contributed by atoms with E-state index in [-0.39, 0.29) is 18.0 Å². The number of halogens is 2. The number of carbonyl (C=O) groups is 1. The molecule has 5 nitrogen and oxygen atoms in total. The zero-order chi connectivity index (χ0) is 21.4. The molecule has 2 aromatic heterocycles. The Morgan fingerprint density at radius 2 is 1.93 bits per heavy atom. The van der Waals surface area contributed by atoms with Gasteiger partial charge in [-0.2, -0.15) is 0 Å². The number of benzene rings is 2. The standard InChI is InChI=1S/C21H17Cl2N3O2S2/c1-2-9-24-17(27)11-25-19-18(12-7-8-14(22)15(23)10-12)30-21(29)26(19)16-6-4-3-5-13(16)20(25)28/h3-8,10H,2,9,11H2,1H3,(H,24,27). The molecule has 0 bridgehead atoms. The molecule has 2 heterocycles. The van der Waals surface area contributed by atoms with Gasteiger partial charge in [0, 0.05) is 6.54 Å². The van der Waals surface area contributed by atoms with E-state index in [4.69, 9.17) is 35.4 Å². The van der Waals surface area contributed by atoms with E-state index in [1.165, 1.54) is 15.9 Å². The first-order valence-corrected chi connectivity index (χ1v) is 11.3. The van der Waals surface area contributed by atoms with Crippen LogP contribution in [-0.4, -0.2) is 21.4 Å². The third-order valence-electron chi connectivity index (χ3n) is 4.72. The van der Waals surface area contributed by atoms with Crippen molar-refractivity contribution in [1.29, 1.82) is 0 Å². The van der Waals surface area contributed by atoms with Crippen LogP contribution in [0.5, 0.6) is 0 Å².